The van der Waals surface area contributed by atoms with Crippen LogP contribution in [0.3, 0.4) is 0 Å². The van der Waals surface area contributed by atoms with E-state index in [4.69, 9.17) is 4.74 Å². The third-order valence-electron chi connectivity index (χ3n) is 2.60. The van der Waals surface area contributed by atoms with Crippen molar-refractivity contribution < 1.29 is 9.53 Å². The van der Waals surface area contributed by atoms with Gasteiger partial charge >= 0.3 is 0 Å². The fraction of sp³-hybridized carbons (Fsp3) is 0.286. The Hall–Kier alpha value is -1.68. The van der Waals surface area contributed by atoms with Crippen LogP contribution in [0.15, 0.2) is 29.6 Å². The zero-order chi connectivity index (χ0) is 13.1. The zero-order valence-corrected chi connectivity index (χ0v) is 11.5. The van der Waals surface area contributed by atoms with Gasteiger partial charge in [-0.05, 0) is 24.3 Å². The Morgan fingerprint density at radius 2 is 1.94 bits per heavy atom. The van der Waals surface area contributed by atoms with Crippen LogP contribution in [0.2, 0.25) is 0 Å². The first-order chi connectivity index (χ1) is 8.61. The van der Waals surface area contributed by atoms with Gasteiger partial charge in [0.1, 0.15) is 11.4 Å². The molecule has 0 amide bonds. The van der Waals surface area contributed by atoms with Gasteiger partial charge in [-0.1, -0.05) is 13.8 Å². The molecule has 0 aliphatic rings. The van der Waals surface area contributed by atoms with Gasteiger partial charge in [0.15, 0.2) is 0 Å². The van der Waals surface area contributed by atoms with Crippen molar-refractivity contribution in [1.82, 2.24) is 4.98 Å². The number of carbonyl (C=O) groups is 1. The summed E-state index contributed by atoms with van der Waals surface area (Å²) < 4.78 is 5.07. The Morgan fingerprint density at radius 1 is 1.28 bits per heavy atom. The second-order valence-electron chi connectivity index (χ2n) is 4.28. The van der Waals surface area contributed by atoms with E-state index in [9.17, 15) is 4.79 Å². The van der Waals surface area contributed by atoms with Crippen LogP contribution in [0, 0.1) is 0 Å². The minimum Gasteiger partial charge on any atom is -0.497 e. The molecule has 18 heavy (non-hydrogen) atoms. The molecule has 0 atom stereocenters. The summed E-state index contributed by atoms with van der Waals surface area (Å²) >= 11 is 1.53. The molecule has 0 fully saturated rings. The minimum absolute atomic E-state index is 0.0409. The lowest BCUT2D eigenvalue weighted by Gasteiger charge is -2.01. The number of hydrogen-bond acceptors (Lipinski definition) is 4. The molecule has 2 rings (SSSR count). The highest BCUT2D eigenvalue weighted by Gasteiger charge is 2.14. The van der Waals surface area contributed by atoms with Crippen LogP contribution >= 0.6 is 11.3 Å². The highest BCUT2D eigenvalue weighted by Crippen LogP contribution is 2.21. The van der Waals surface area contributed by atoms with Crippen LogP contribution in [-0.4, -0.2) is 17.9 Å². The molecular weight excluding hydrogens is 246 g/mol. The number of thiazole rings is 1. The quantitative estimate of drug-likeness (QED) is 0.791. The number of nitrogens with zero attached hydrogens (tertiary/aromatic N) is 1. The van der Waals surface area contributed by atoms with Crippen molar-refractivity contribution in [3.05, 3.63) is 45.9 Å². The molecule has 4 heteroatoms. The number of methoxy groups -OCH3 is 1. The van der Waals surface area contributed by atoms with Crippen LogP contribution in [-0.2, 0) is 0 Å². The topological polar surface area (TPSA) is 39.2 Å². The largest absolute Gasteiger partial charge is 0.497 e. The average Bonchev–Trinajstić information content (AvgIpc) is 2.88. The fourth-order valence-electron chi connectivity index (χ4n) is 1.55. The van der Waals surface area contributed by atoms with Gasteiger partial charge in [0.2, 0.25) is 5.78 Å². The molecule has 0 saturated carbocycles. The molecule has 0 radical (unpaired) electrons. The molecule has 0 aliphatic carbocycles. The molecule has 0 saturated heterocycles. The lowest BCUT2D eigenvalue weighted by molar-refractivity contribution is 0.103. The molecule has 1 heterocycles. The van der Waals surface area contributed by atoms with Gasteiger partial charge in [0, 0.05) is 16.9 Å². The summed E-state index contributed by atoms with van der Waals surface area (Å²) in [6.07, 6.45) is 0. The van der Waals surface area contributed by atoms with Crippen LogP contribution in [0.25, 0.3) is 0 Å². The van der Waals surface area contributed by atoms with Gasteiger partial charge < -0.3 is 4.74 Å². The summed E-state index contributed by atoms with van der Waals surface area (Å²) in [5, 5.41) is 2.81. The predicted molar refractivity (Wildman–Crippen MR) is 72.6 cm³/mol. The summed E-state index contributed by atoms with van der Waals surface area (Å²) in [7, 11) is 1.60. The first kappa shape index (κ1) is 12.8. The van der Waals surface area contributed by atoms with Crippen molar-refractivity contribution >= 4 is 17.1 Å². The third-order valence-corrected chi connectivity index (χ3v) is 3.75. The second kappa shape index (κ2) is 5.31. The molecule has 0 bridgehead atoms. The van der Waals surface area contributed by atoms with E-state index in [1.165, 1.54) is 11.3 Å². The Morgan fingerprint density at radius 3 is 2.44 bits per heavy atom. The SMILES string of the molecule is COc1ccc(C(=O)c2csc(C(C)C)n2)cc1. The Kier molecular flexibility index (Phi) is 3.77. The van der Waals surface area contributed by atoms with Gasteiger partial charge in [0.25, 0.3) is 0 Å². The van der Waals surface area contributed by atoms with Crippen LogP contribution in [0.4, 0.5) is 0 Å². The monoisotopic (exact) mass is 261 g/mol. The molecule has 3 nitrogen and oxygen atoms in total. The van der Waals surface area contributed by atoms with E-state index in [-0.39, 0.29) is 5.78 Å². The van der Waals surface area contributed by atoms with E-state index >= 15 is 0 Å². The lowest BCUT2D eigenvalue weighted by Crippen LogP contribution is -2.02. The molecule has 0 aliphatic heterocycles. The van der Waals surface area contributed by atoms with Crippen molar-refractivity contribution in [2.45, 2.75) is 19.8 Å². The van der Waals surface area contributed by atoms with Crippen molar-refractivity contribution in [1.29, 1.82) is 0 Å². The summed E-state index contributed by atoms with van der Waals surface area (Å²) in [5.41, 5.74) is 1.16. The number of ketones is 1. The zero-order valence-electron chi connectivity index (χ0n) is 10.6. The molecule has 1 aromatic carbocycles. The summed E-state index contributed by atoms with van der Waals surface area (Å²) in [6.45, 7) is 4.14. The van der Waals surface area contributed by atoms with E-state index < -0.39 is 0 Å². The number of carbonyl (C=O) groups excluding carboxylic acids is 1. The predicted octanol–water partition coefficient (Wildman–Crippen LogP) is 3.51. The van der Waals surface area contributed by atoms with E-state index in [0.717, 1.165) is 10.8 Å². The first-order valence-corrected chi connectivity index (χ1v) is 6.64. The molecule has 0 N–H and O–H groups in total. The first-order valence-electron chi connectivity index (χ1n) is 5.76. The highest BCUT2D eigenvalue weighted by molar-refractivity contribution is 7.09. The maximum absolute atomic E-state index is 12.2. The van der Waals surface area contributed by atoms with Crippen molar-refractivity contribution in [3.63, 3.8) is 0 Å². The number of benzene rings is 1. The van der Waals surface area contributed by atoms with Crippen LogP contribution in [0.5, 0.6) is 5.75 Å². The maximum atomic E-state index is 12.2. The van der Waals surface area contributed by atoms with E-state index in [1.54, 1.807) is 31.4 Å². The third kappa shape index (κ3) is 2.59. The number of ether oxygens (including phenoxy) is 1. The van der Waals surface area contributed by atoms with Gasteiger partial charge in [0.05, 0.1) is 12.1 Å². The van der Waals surface area contributed by atoms with Crippen molar-refractivity contribution in [3.8, 4) is 5.75 Å². The molecule has 1 aromatic heterocycles. The smallest absolute Gasteiger partial charge is 0.212 e. The molecule has 2 aromatic rings. The van der Waals surface area contributed by atoms with Gasteiger partial charge in [-0.2, -0.15) is 0 Å². The Labute approximate surface area is 110 Å². The number of rotatable bonds is 4. The Bertz CT molecular complexity index is 543. The molecule has 94 valence electrons. The molecule has 0 unspecified atom stereocenters. The summed E-state index contributed by atoms with van der Waals surface area (Å²) in [4.78, 5) is 16.6. The minimum atomic E-state index is -0.0409. The van der Waals surface area contributed by atoms with Crippen LogP contribution < -0.4 is 4.74 Å². The van der Waals surface area contributed by atoms with E-state index in [2.05, 4.69) is 18.8 Å². The second-order valence-corrected chi connectivity index (χ2v) is 5.17. The van der Waals surface area contributed by atoms with E-state index in [1.807, 2.05) is 5.38 Å². The lowest BCUT2D eigenvalue weighted by atomic mass is 10.1. The number of aromatic nitrogens is 1. The van der Waals surface area contributed by atoms with Gasteiger partial charge in [-0.3, -0.25) is 4.79 Å². The average molecular weight is 261 g/mol. The fourth-order valence-corrected chi connectivity index (χ4v) is 2.36. The summed E-state index contributed by atoms with van der Waals surface area (Å²) in [5.74, 6) is 1.06. The molecule has 0 spiro atoms. The van der Waals surface area contributed by atoms with Gasteiger partial charge in [-0.15, -0.1) is 11.3 Å². The highest BCUT2D eigenvalue weighted by atomic mass is 32.1. The Balaban J connectivity index is 2.23. The maximum Gasteiger partial charge on any atom is 0.212 e. The van der Waals surface area contributed by atoms with Crippen LogP contribution in [0.1, 0.15) is 40.8 Å². The van der Waals surface area contributed by atoms with Crippen molar-refractivity contribution in [2.75, 3.05) is 7.11 Å². The molecular formula is C14H15NO2S. The normalized spacial score (nSPS) is 10.7. The van der Waals surface area contributed by atoms with Crippen molar-refractivity contribution in [2.24, 2.45) is 0 Å². The summed E-state index contributed by atoms with van der Waals surface area (Å²) in [6, 6.07) is 7.08. The van der Waals surface area contributed by atoms with Gasteiger partial charge in [-0.25, -0.2) is 4.98 Å². The van der Waals surface area contributed by atoms with E-state index in [0.29, 0.717) is 17.2 Å². The standard InChI is InChI=1S/C14H15NO2S/c1-9(2)14-15-12(8-18-14)13(16)10-4-6-11(17-3)7-5-10/h4-9H,1-3H3. The number of hydrogen-bond donors (Lipinski definition) is 0.